The fourth-order valence-corrected chi connectivity index (χ4v) is 4.71. The van der Waals surface area contributed by atoms with Crippen molar-refractivity contribution in [3.05, 3.63) is 59.2 Å². The number of aliphatic hydroxyl groups is 1. The highest BCUT2D eigenvalue weighted by Crippen LogP contribution is 2.28. The minimum Gasteiger partial charge on any atom is -0.506 e. The van der Waals surface area contributed by atoms with Gasteiger partial charge in [-0.2, -0.15) is 0 Å². The first-order valence-electron chi connectivity index (χ1n) is 12.2. The molecule has 11 nitrogen and oxygen atoms in total. The number of carboxylic acid groups (broad SMARTS) is 1. The predicted octanol–water partition coefficient (Wildman–Crippen LogP) is 2.09. The highest BCUT2D eigenvalue weighted by molar-refractivity contribution is 7.92. The normalized spacial score (nSPS) is 15.7. The van der Waals surface area contributed by atoms with Gasteiger partial charge >= 0.3 is 11.9 Å². The molecule has 0 unspecified atom stereocenters. The summed E-state index contributed by atoms with van der Waals surface area (Å²) in [5.41, 5.74) is 1.61. The topological polar surface area (TPSA) is 165 Å². The number of rotatable bonds is 11. The maximum Gasteiger partial charge on any atom is 0.345 e. The van der Waals surface area contributed by atoms with Crippen LogP contribution in [0.15, 0.2) is 48.0 Å². The summed E-state index contributed by atoms with van der Waals surface area (Å²) >= 11 is 0. The van der Waals surface area contributed by atoms with Gasteiger partial charge in [-0.1, -0.05) is 18.2 Å². The molecule has 2 aromatic rings. The van der Waals surface area contributed by atoms with E-state index in [1.54, 1.807) is 25.1 Å². The minimum atomic E-state index is -3.57. The van der Waals surface area contributed by atoms with Crippen LogP contribution in [-0.2, 0) is 24.3 Å². The van der Waals surface area contributed by atoms with E-state index in [9.17, 15) is 33.3 Å². The fourth-order valence-electron chi connectivity index (χ4n) is 4.15. The van der Waals surface area contributed by atoms with Crippen LogP contribution in [0.2, 0.25) is 0 Å². The molecule has 38 heavy (non-hydrogen) atoms. The van der Waals surface area contributed by atoms with Crippen LogP contribution in [0.5, 0.6) is 5.75 Å². The minimum absolute atomic E-state index is 0.0129. The van der Waals surface area contributed by atoms with Crippen molar-refractivity contribution in [1.82, 2.24) is 5.32 Å². The molecule has 1 aliphatic heterocycles. The van der Waals surface area contributed by atoms with Gasteiger partial charge in [-0.05, 0) is 61.2 Å². The number of phenols is 1. The summed E-state index contributed by atoms with van der Waals surface area (Å²) in [7, 11) is -3.57. The van der Waals surface area contributed by atoms with Gasteiger partial charge in [0.25, 0.3) is 0 Å². The van der Waals surface area contributed by atoms with Gasteiger partial charge in [0.2, 0.25) is 10.0 Å². The number of nitrogens with zero attached hydrogens (tertiary/aromatic N) is 1. The summed E-state index contributed by atoms with van der Waals surface area (Å²) in [6.07, 6.45) is 3.05. The van der Waals surface area contributed by atoms with Crippen molar-refractivity contribution in [3.63, 3.8) is 0 Å². The zero-order valence-corrected chi connectivity index (χ0v) is 22.1. The van der Waals surface area contributed by atoms with Crippen molar-refractivity contribution in [2.24, 2.45) is 0 Å². The SMILES string of the molecule is CCOC(=O)C(=Cc1ccc(N2CCC(NC[C@H](O)c3ccc(O)c(NS(C)(=O)=O)c3)CC2)cc1)C(=O)O. The van der Waals surface area contributed by atoms with Gasteiger partial charge in [-0.25, -0.2) is 18.0 Å². The fraction of sp³-hybridized carbons (Fsp3) is 0.385. The van der Waals surface area contributed by atoms with Crippen LogP contribution in [0.1, 0.15) is 37.0 Å². The molecule has 1 atom stereocenters. The maximum atomic E-state index is 11.9. The third-order valence-electron chi connectivity index (χ3n) is 6.09. The van der Waals surface area contributed by atoms with Crippen LogP contribution < -0.4 is 14.9 Å². The average Bonchev–Trinajstić information content (AvgIpc) is 2.87. The summed E-state index contributed by atoms with van der Waals surface area (Å²) in [6, 6.07) is 11.7. The van der Waals surface area contributed by atoms with Crippen LogP contribution in [0, 0.1) is 0 Å². The lowest BCUT2D eigenvalue weighted by Gasteiger charge is -2.34. The molecule has 0 aliphatic carbocycles. The van der Waals surface area contributed by atoms with E-state index in [2.05, 4.69) is 14.9 Å². The zero-order chi connectivity index (χ0) is 27.9. The molecule has 0 aromatic heterocycles. The summed E-state index contributed by atoms with van der Waals surface area (Å²) in [4.78, 5) is 25.4. The van der Waals surface area contributed by atoms with E-state index in [1.165, 1.54) is 18.2 Å². The van der Waals surface area contributed by atoms with Gasteiger partial charge < -0.3 is 30.3 Å². The molecule has 1 fully saturated rings. The highest BCUT2D eigenvalue weighted by Gasteiger charge is 2.22. The van der Waals surface area contributed by atoms with Crippen molar-refractivity contribution in [1.29, 1.82) is 0 Å². The molecule has 1 saturated heterocycles. The number of hydrogen-bond acceptors (Lipinski definition) is 9. The lowest BCUT2D eigenvalue weighted by atomic mass is 10.0. The molecular weight excluding hydrogens is 514 g/mol. The number of ether oxygens (including phenoxy) is 1. The summed E-state index contributed by atoms with van der Waals surface area (Å²) in [5, 5.41) is 33.1. The van der Waals surface area contributed by atoms with Crippen LogP contribution in [0.4, 0.5) is 11.4 Å². The lowest BCUT2D eigenvalue weighted by molar-refractivity contribution is -0.143. The predicted molar refractivity (Wildman–Crippen MR) is 143 cm³/mol. The Hall–Kier alpha value is -3.61. The van der Waals surface area contributed by atoms with Crippen molar-refractivity contribution in [3.8, 4) is 5.75 Å². The van der Waals surface area contributed by atoms with E-state index in [1.807, 2.05) is 12.1 Å². The van der Waals surface area contributed by atoms with Crippen LogP contribution in [0.25, 0.3) is 6.08 Å². The molecule has 3 rings (SSSR count). The maximum absolute atomic E-state index is 11.9. The number of hydrogen-bond donors (Lipinski definition) is 5. The first kappa shape index (κ1) is 29.0. The Kier molecular flexibility index (Phi) is 9.72. The Morgan fingerprint density at radius 1 is 1.16 bits per heavy atom. The van der Waals surface area contributed by atoms with E-state index in [-0.39, 0.29) is 30.6 Å². The van der Waals surface area contributed by atoms with Crippen molar-refractivity contribution in [2.45, 2.75) is 31.9 Å². The molecule has 0 spiro atoms. The second-order valence-corrected chi connectivity index (χ2v) is 10.8. The number of benzene rings is 2. The Bertz CT molecular complexity index is 1270. The highest BCUT2D eigenvalue weighted by atomic mass is 32.2. The van der Waals surface area contributed by atoms with Crippen LogP contribution in [-0.4, -0.2) is 74.2 Å². The van der Waals surface area contributed by atoms with Crippen molar-refractivity contribution >= 4 is 39.4 Å². The number of aliphatic carboxylic acids is 1. The van der Waals surface area contributed by atoms with Crippen LogP contribution in [0.3, 0.4) is 0 Å². The monoisotopic (exact) mass is 547 g/mol. The molecule has 12 heteroatoms. The summed E-state index contributed by atoms with van der Waals surface area (Å²) in [6.45, 7) is 3.51. The van der Waals surface area contributed by atoms with Gasteiger partial charge in [0.05, 0.1) is 24.7 Å². The molecule has 1 heterocycles. The number of anilines is 2. The van der Waals surface area contributed by atoms with Gasteiger partial charge in [-0.15, -0.1) is 0 Å². The van der Waals surface area contributed by atoms with E-state index >= 15 is 0 Å². The Balaban J connectivity index is 1.53. The van der Waals surface area contributed by atoms with Crippen LogP contribution >= 0.6 is 0 Å². The number of carboxylic acids is 1. The van der Waals surface area contributed by atoms with E-state index in [4.69, 9.17) is 4.74 Å². The van der Waals surface area contributed by atoms with Gasteiger partial charge in [0, 0.05) is 31.4 Å². The number of aliphatic hydroxyl groups excluding tert-OH is 1. The largest absolute Gasteiger partial charge is 0.506 e. The molecular formula is C26H33N3O8S. The van der Waals surface area contributed by atoms with Crippen molar-refractivity contribution < 1.29 is 38.1 Å². The standard InChI is InChI=1S/C26H33N3O8S/c1-3-37-26(34)21(25(32)33)14-17-4-7-20(8-5-17)29-12-10-19(11-13-29)27-16-24(31)18-6-9-23(30)22(15-18)28-38(2,35)36/h4-9,14-15,19,24,27-28,30-31H,3,10-13,16H2,1-2H3,(H,32,33)/t24-/m0/s1. The zero-order valence-electron chi connectivity index (χ0n) is 21.3. The van der Waals surface area contributed by atoms with E-state index < -0.39 is 33.6 Å². The number of piperidine rings is 1. The number of carbonyl (C=O) groups is 2. The number of phenolic OH excluding ortho intramolecular Hbond substituents is 1. The third kappa shape index (κ3) is 8.20. The Labute approximate surface area is 221 Å². The molecule has 0 bridgehead atoms. The number of carbonyl (C=O) groups excluding carboxylic acids is 1. The van der Waals surface area contributed by atoms with E-state index in [0.717, 1.165) is 37.9 Å². The Morgan fingerprint density at radius 2 is 1.82 bits per heavy atom. The smallest absolute Gasteiger partial charge is 0.345 e. The third-order valence-corrected chi connectivity index (χ3v) is 6.68. The lowest BCUT2D eigenvalue weighted by Crippen LogP contribution is -2.43. The Morgan fingerprint density at radius 3 is 2.39 bits per heavy atom. The molecule has 1 aliphatic rings. The molecule has 0 saturated carbocycles. The first-order valence-corrected chi connectivity index (χ1v) is 14.0. The number of nitrogens with one attached hydrogen (secondary N) is 2. The first-order chi connectivity index (χ1) is 18.0. The molecule has 0 radical (unpaired) electrons. The molecule has 2 aromatic carbocycles. The van der Waals surface area contributed by atoms with E-state index in [0.29, 0.717) is 11.1 Å². The van der Waals surface area contributed by atoms with Gasteiger partial charge in [0.1, 0.15) is 11.3 Å². The van der Waals surface area contributed by atoms with Gasteiger partial charge in [0.15, 0.2) is 0 Å². The van der Waals surface area contributed by atoms with Crippen molar-refractivity contribution in [2.75, 3.05) is 42.1 Å². The second-order valence-electron chi connectivity index (χ2n) is 9.01. The molecule has 0 amide bonds. The number of esters is 1. The summed E-state index contributed by atoms with van der Waals surface area (Å²) < 4.78 is 30.0. The average molecular weight is 548 g/mol. The van der Waals surface area contributed by atoms with Gasteiger partial charge in [-0.3, -0.25) is 4.72 Å². The second kappa shape index (κ2) is 12.8. The molecule has 5 N–H and O–H groups in total. The number of sulfonamides is 1. The quantitative estimate of drug-likeness (QED) is 0.0924. The summed E-state index contributed by atoms with van der Waals surface area (Å²) in [5.74, 6) is -2.44. The number of aromatic hydroxyl groups is 1. The molecule has 206 valence electrons.